The van der Waals surface area contributed by atoms with E-state index in [4.69, 9.17) is 4.74 Å². The number of ketones is 1. The zero-order valence-corrected chi connectivity index (χ0v) is 13.9. The van der Waals surface area contributed by atoms with Crippen LogP contribution in [0.5, 0.6) is 5.75 Å². The number of hydrogen-bond acceptors (Lipinski definition) is 3. The first kappa shape index (κ1) is 15.5. The second-order valence-electron chi connectivity index (χ2n) is 5.74. The minimum absolute atomic E-state index is 0.0177. The van der Waals surface area contributed by atoms with Gasteiger partial charge >= 0.3 is 0 Å². The zero-order chi connectivity index (χ0) is 14.8. The summed E-state index contributed by atoms with van der Waals surface area (Å²) in [4.78, 5) is 14.9. The summed E-state index contributed by atoms with van der Waals surface area (Å²) >= 11 is 3.52. The zero-order valence-electron chi connectivity index (χ0n) is 12.4. The van der Waals surface area contributed by atoms with Gasteiger partial charge in [-0.25, -0.2) is 0 Å². The highest BCUT2D eigenvalue weighted by Crippen LogP contribution is 2.44. The van der Waals surface area contributed by atoms with Crippen molar-refractivity contribution >= 4 is 21.7 Å². The molecule has 0 aromatic heterocycles. The summed E-state index contributed by atoms with van der Waals surface area (Å²) in [6.45, 7) is 0.905. The van der Waals surface area contributed by atoms with Crippen LogP contribution in [0, 0.1) is 0 Å². The number of methoxy groups -OCH3 is 1. The molecular formula is C16H22BrNO2. The van der Waals surface area contributed by atoms with E-state index in [0.717, 1.165) is 37.1 Å². The lowest BCUT2D eigenvalue weighted by Crippen LogP contribution is -2.36. The minimum Gasteiger partial charge on any atom is -0.497 e. The lowest BCUT2D eigenvalue weighted by Gasteiger charge is -2.30. The van der Waals surface area contributed by atoms with Crippen LogP contribution in [0.1, 0.15) is 24.8 Å². The Morgan fingerprint density at radius 2 is 2.20 bits per heavy atom. The van der Waals surface area contributed by atoms with Crippen molar-refractivity contribution in [1.82, 2.24) is 4.90 Å². The van der Waals surface area contributed by atoms with Gasteiger partial charge in [0, 0.05) is 0 Å². The quantitative estimate of drug-likeness (QED) is 0.772. The maximum atomic E-state index is 12.7. The van der Waals surface area contributed by atoms with Gasteiger partial charge in [-0.2, -0.15) is 0 Å². The number of ether oxygens (including phenoxy) is 1. The molecule has 0 spiro atoms. The number of carbonyl (C=O) groups excluding carboxylic acids is 1. The van der Waals surface area contributed by atoms with E-state index in [0.29, 0.717) is 5.78 Å². The van der Waals surface area contributed by atoms with E-state index >= 15 is 0 Å². The number of nitrogens with zero attached hydrogens (tertiary/aromatic N) is 1. The topological polar surface area (TPSA) is 29.5 Å². The van der Waals surface area contributed by atoms with E-state index in [1.54, 1.807) is 7.11 Å². The molecule has 110 valence electrons. The van der Waals surface area contributed by atoms with Crippen LogP contribution in [-0.4, -0.2) is 43.3 Å². The molecule has 20 heavy (non-hydrogen) atoms. The molecule has 3 nitrogen and oxygen atoms in total. The van der Waals surface area contributed by atoms with Gasteiger partial charge in [-0.1, -0.05) is 28.1 Å². The Bertz CT molecular complexity index is 489. The van der Waals surface area contributed by atoms with E-state index < -0.39 is 0 Å². The molecule has 1 aliphatic rings. The number of carbonyl (C=O) groups is 1. The maximum absolute atomic E-state index is 12.7. The average Bonchev–Trinajstić information content (AvgIpc) is 2.74. The summed E-state index contributed by atoms with van der Waals surface area (Å²) in [5.41, 5.74) is 0.720. The number of alkyl halides is 1. The van der Waals surface area contributed by atoms with E-state index in [1.165, 1.54) is 0 Å². The third-order valence-corrected chi connectivity index (χ3v) is 5.06. The highest BCUT2D eigenvalue weighted by molar-refractivity contribution is 9.10. The summed E-state index contributed by atoms with van der Waals surface area (Å²) in [6, 6.07) is 7.97. The predicted octanol–water partition coefficient (Wildman–Crippen LogP) is 3.01. The Morgan fingerprint density at radius 1 is 1.45 bits per heavy atom. The van der Waals surface area contributed by atoms with Crippen LogP contribution in [0.25, 0.3) is 0 Å². The molecule has 4 heteroatoms. The molecule has 0 amide bonds. The molecule has 1 saturated carbocycles. The van der Waals surface area contributed by atoms with Gasteiger partial charge in [0.15, 0.2) is 5.78 Å². The molecule has 0 heterocycles. The number of halogens is 1. The molecule has 1 fully saturated rings. The van der Waals surface area contributed by atoms with Gasteiger partial charge in [0.2, 0.25) is 0 Å². The normalized spacial score (nSPS) is 26.2. The van der Waals surface area contributed by atoms with Crippen molar-refractivity contribution in [1.29, 1.82) is 0 Å². The standard InChI is InChI=1S/C16H22BrNO2/c1-18(2)10-9-16(8-7-14(17)15(16)19)12-5-4-6-13(11-12)20-3/h4-6,11,14H,7-10H2,1-3H3. The fraction of sp³-hybridized carbons (Fsp3) is 0.562. The second kappa shape index (κ2) is 6.27. The highest BCUT2D eigenvalue weighted by atomic mass is 79.9. The lowest BCUT2D eigenvalue weighted by molar-refractivity contribution is -0.122. The van der Waals surface area contributed by atoms with Gasteiger partial charge < -0.3 is 9.64 Å². The average molecular weight is 340 g/mol. The first-order valence-electron chi connectivity index (χ1n) is 6.97. The summed E-state index contributed by atoms with van der Waals surface area (Å²) in [6.07, 6.45) is 2.67. The Kier molecular flexibility index (Phi) is 4.86. The van der Waals surface area contributed by atoms with Crippen molar-refractivity contribution in [3.8, 4) is 5.75 Å². The van der Waals surface area contributed by atoms with Crippen LogP contribution >= 0.6 is 15.9 Å². The Hall–Kier alpha value is -0.870. The van der Waals surface area contributed by atoms with Gasteiger partial charge in [0.05, 0.1) is 17.4 Å². The Labute approximate surface area is 129 Å². The van der Waals surface area contributed by atoms with Crippen molar-refractivity contribution in [3.05, 3.63) is 29.8 Å². The van der Waals surface area contributed by atoms with Crippen molar-refractivity contribution < 1.29 is 9.53 Å². The summed E-state index contributed by atoms with van der Waals surface area (Å²) in [5, 5.41) is 0. The Balaban J connectivity index is 2.38. The molecule has 1 aromatic rings. The molecular weight excluding hydrogens is 318 g/mol. The lowest BCUT2D eigenvalue weighted by atomic mass is 9.75. The summed E-state index contributed by atoms with van der Waals surface area (Å²) in [5.74, 6) is 1.13. The second-order valence-corrected chi connectivity index (χ2v) is 6.84. The van der Waals surface area contributed by atoms with Gasteiger partial charge in [-0.05, 0) is 57.6 Å². The fourth-order valence-corrected chi connectivity index (χ4v) is 3.61. The van der Waals surface area contributed by atoms with Crippen LogP contribution in [0.3, 0.4) is 0 Å². The minimum atomic E-state index is -0.368. The highest BCUT2D eigenvalue weighted by Gasteiger charge is 2.47. The number of Topliss-reactive ketones (excluding diaryl/α,β-unsaturated/α-hetero) is 1. The Morgan fingerprint density at radius 3 is 2.75 bits per heavy atom. The third-order valence-electron chi connectivity index (χ3n) is 4.19. The first-order chi connectivity index (χ1) is 9.49. The predicted molar refractivity (Wildman–Crippen MR) is 84.8 cm³/mol. The van der Waals surface area contributed by atoms with Gasteiger partial charge in [0.25, 0.3) is 0 Å². The monoisotopic (exact) mass is 339 g/mol. The number of hydrogen-bond donors (Lipinski definition) is 0. The molecule has 2 rings (SSSR count). The van der Waals surface area contributed by atoms with E-state index in [2.05, 4.69) is 26.9 Å². The molecule has 2 atom stereocenters. The van der Waals surface area contributed by atoms with E-state index in [9.17, 15) is 4.79 Å². The summed E-state index contributed by atoms with van der Waals surface area (Å²) < 4.78 is 5.31. The van der Waals surface area contributed by atoms with Gasteiger partial charge in [-0.15, -0.1) is 0 Å². The molecule has 1 aliphatic carbocycles. The van der Waals surface area contributed by atoms with Crippen LogP contribution in [0.2, 0.25) is 0 Å². The van der Waals surface area contributed by atoms with Crippen molar-refractivity contribution in [2.24, 2.45) is 0 Å². The maximum Gasteiger partial charge on any atom is 0.157 e. The van der Waals surface area contributed by atoms with Crippen molar-refractivity contribution in [2.75, 3.05) is 27.7 Å². The largest absolute Gasteiger partial charge is 0.497 e. The van der Waals surface area contributed by atoms with Gasteiger partial charge in [-0.3, -0.25) is 4.79 Å². The number of rotatable bonds is 5. The molecule has 0 saturated heterocycles. The molecule has 2 unspecified atom stereocenters. The molecule has 0 aliphatic heterocycles. The van der Waals surface area contributed by atoms with Crippen LogP contribution < -0.4 is 4.74 Å². The fourth-order valence-electron chi connectivity index (χ4n) is 2.94. The summed E-state index contributed by atoms with van der Waals surface area (Å²) in [7, 11) is 5.75. The first-order valence-corrected chi connectivity index (χ1v) is 7.89. The molecule has 0 radical (unpaired) electrons. The molecule has 0 bridgehead atoms. The van der Waals surface area contributed by atoms with Crippen LogP contribution in [0.4, 0.5) is 0 Å². The van der Waals surface area contributed by atoms with Crippen molar-refractivity contribution in [3.63, 3.8) is 0 Å². The van der Waals surface area contributed by atoms with Crippen molar-refractivity contribution in [2.45, 2.75) is 29.5 Å². The number of benzene rings is 1. The molecule has 0 N–H and O–H groups in total. The van der Waals surface area contributed by atoms with Crippen LogP contribution in [0.15, 0.2) is 24.3 Å². The van der Waals surface area contributed by atoms with Crippen LogP contribution in [-0.2, 0) is 10.2 Å². The molecule has 1 aromatic carbocycles. The van der Waals surface area contributed by atoms with E-state index in [1.807, 2.05) is 32.3 Å². The van der Waals surface area contributed by atoms with Gasteiger partial charge in [0.1, 0.15) is 5.75 Å². The smallest absolute Gasteiger partial charge is 0.157 e. The van der Waals surface area contributed by atoms with E-state index in [-0.39, 0.29) is 10.2 Å². The SMILES string of the molecule is COc1cccc(C2(CCN(C)C)CCC(Br)C2=O)c1. The third kappa shape index (κ3) is 2.91.